The first-order chi connectivity index (χ1) is 20.7. The minimum Gasteiger partial charge on any atom is -0.453 e. The third-order valence-electron chi connectivity index (χ3n) is 8.66. The molecular formula is C32H31ClFN5O4S. The fraction of sp³-hybridized carbons (Fsp3) is 0.312. The zero-order valence-corrected chi connectivity index (χ0v) is 25.6. The van der Waals surface area contributed by atoms with Gasteiger partial charge in [0.1, 0.15) is 11.6 Å². The van der Waals surface area contributed by atoms with Crippen molar-refractivity contribution in [3.05, 3.63) is 93.0 Å². The number of hydrogen-bond acceptors (Lipinski definition) is 5. The lowest BCUT2D eigenvalue weighted by Crippen LogP contribution is -2.41. The normalized spacial score (nSPS) is 16.8. The van der Waals surface area contributed by atoms with E-state index in [1.807, 2.05) is 12.1 Å². The van der Waals surface area contributed by atoms with E-state index in [0.717, 1.165) is 42.5 Å². The zero-order chi connectivity index (χ0) is 29.9. The van der Waals surface area contributed by atoms with Gasteiger partial charge in [-0.15, -0.1) is 0 Å². The quantitative estimate of drug-likeness (QED) is 0.233. The lowest BCUT2D eigenvalue weighted by Gasteiger charge is -2.26. The number of pyridine rings is 1. The molecule has 2 aromatic carbocycles. The van der Waals surface area contributed by atoms with Crippen molar-refractivity contribution in [3.8, 4) is 22.4 Å². The number of H-pyrrole nitrogens is 1. The van der Waals surface area contributed by atoms with Gasteiger partial charge >= 0.3 is 6.09 Å². The molecule has 1 aliphatic heterocycles. The molecule has 12 heteroatoms. The van der Waals surface area contributed by atoms with Crippen molar-refractivity contribution in [2.75, 3.05) is 12.4 Å². The maximum atomic E-state index is 15.6. The molecule has 0 bridgehead atoms. The number of fused-ring (bicyclic) bond motifs is 3. The average molecular weight is 636 g/mol. The number of carbonyl (C=O) groups excluding carboxylic acids is 2. The van der Waals surface area contributed by atoms with Gasteiger partial charge in [0, 0.05) is 34.6 Å². The monoisotopic (exact) mass is 635 g/mol. The van der Waals surface area contributed by atoms with Gasteiger partial charge < -0.3 is 19.6 Å². The van der Waals surface area contributed by atoms with Crippen molar-refractivity contribution in [1.82, 2.24) is 19.9 Å². The van der Waals surface area contributed by atoms with Gasteiger partial charge in [0.25, 0.3) is 11.5 Å². The van der Waals surface area contributed by atoms with E-state index >= 15 is 4.39 Å². The number of methoxy groups -OCH3 is 1. The van der Waals surface area contributed by atoms with Gasteiger partial charge in [-0.2, -0.15) is 13.5 Å². The van der Waals surface area contributed by atoms with Gasteiger partial charge in [-0.1, -0.05) is 42.6 Å². The van der Waals surface area contributed by atoms with E-state index < -0.39 is 23.5 Å². The van der Waals surface area contributed by atoms with Crippen LogP contribution in [0.3, 0.4) is 0 Å². The van der Waals surface area contributed by atoms with E-state index in [1.54, 1.807) is 35.2 Å². The number of aromatic amines is 1. The number of hydrogen-bond donors (Lipinski definition) is 3. The summed E-state index contributed by atoms with van der Waals surface area (Å²) in [6.45, 7) is 0. The first-order valence-corrected chi connectivity index (χ1v) is 14.7. The predicted molar refractivity (Wildman–Crippen MR) is 170 cm³/mol. The number of anilines is 1. The second kappa shape index (κ2) is 11.4. The number of nitrogens with one attached hydrogen (secondary N) is 3. The third-order valence-corrected chi connectivity index (χ3v) is 8.96. The highest BCUT2D eigenvalue weighted by Crippen LogP contribution is 2.45. The fourth-order valence-electron chi connectivity index (χ4n) is 5.96. The van der Waals surface area contributed by atoms with Gasteiger partial charge in [0.15, 0.2) is 0 Å². The van der Waals surface area contributed by atoms with E-state index in [4.69, 9.17) is 11.6 Å². The van der Waals surface area contributed by atoms with Crippen molar-refractivity contribution < 1.29 is 18.7 Å². The van der Waals surface area contributed by atoms with Crippen LogP contribution < -0.4 is 16.2 Å². The number of nitrogens with zero attached hydrogens (tertiary/aromatic N) is 2. The number of amides is 2. The Labute approximate surface area is 264 Å². The Bertz CT molecular complexity index is 1830. The summed E-state index contributed by atoms with van der Waals surface area (Å²) < 4.78 is 21.8. The summed E-state index contributed by atoms with van der Waals surface area (Å²) in [7, 11) is 1.30. The van der Waals surface area contributed by atoms with Crippen molar-refractivity contribution in [2.24, 2.45) is 5.92 Å². The van der Waals surface area contributed by atoms with Crippen LogP contribution in [0.25, 0.3) is 22.4 Å². The minimum absolute atomic E-state index is 0. The summed E-state index contributed by atoms with van der Waals surface area (Å²) in [5.74, 6) is 0.0512. The molecule has 228 valence electrons. The summed E-state index contributed by atoms with van der Waals surface area (Å²) >= 11 is 6.19. The lowest BCUT2D eigenvalue weighted by molar-refractivity contribution is 0.0930. The second-order valence-electron chi connectivity index (χ2n) is 11.7. The fourth-order valence-corrected chi connectivity index (χ4v) is 6.12. The molecule has 2 aromatic heterocycles. The number of carbonyl (C=O) groups is 2. The summed E-state index contributed by atoms with van der Waals surface area (Å²) in [6.07, 6.45) is 7.55. The lowest BCUT2D eigenvalue weighted by atomic mass is 9.89. The van der Waals surface area contributed by atoms with Crippen LogP contribution >= 0.6 is 25.1 Å². The zero-order valence-electron chi connectivity index (χ0n) is 23.9. The molecule has 0 radical (unpaired) electrons. The maximum absolute atomic E-state index is 15.6. The topological polar surface area (TPSA) is 118 Å². The SMILES string of the molecule is COC(=O)Nc1ccc(-c2cnc([C@H](CC3CC3)n3cc4c(cc3=O)-c3c(ccc(Cl)c3F)CC3(CC3)NC4=O)[nH]2)cc1.S. The number of benzene rings is 2. The van der Waals surface area contributed by atoms with Crippen LogP contribution in [0.2, 0.25) is 5.02 Å². The van der Waals surface area contributed by atoms with Crippen LogP contribution in [0.5, 0.6) is 0 Å². The Balaban J connectivity index is 0.00000343. The Kier molecular flexibility index (Phi) is 7.79. The Morgan fingerprint density at radius 3 is 2.61 bits per heavy atom. The van der Waals surface area contributed by atoms with Crippen molar-refractivity contribution in [2.45, 2.75) is 50.1 Å². The maximum Gasteiger partial charge on any atom is 0.411 e. The number of imidazole rings is 1. The van der Waals surface area contributed by atoms with Crippen LogP contribution in [0.15, 0.2) is 59.7 Å². The van der Waals surface area contributed by atoms with Gasteiger partial charge in [-0.25, -0.2) is 14.2 Å². The molecule has 3 aliphatic rings. The Morgan fingerprint density at radius 1 is 1.18 bits per heavy atom. The molecule has 1 spiro atoms. The molecule has 0 unspecified atom stereocenters. The molecule has 2 amide bonds. The molecule has 3 N–H and O–H groups in total. The Hall–Kier alpha value is -4.09. The number of ether oxygens (including phenoxy) is 1. The highest BCUT2D eigenvalue weighted by Gasteiger charge is 2.46. The van der Waals surface area contributed by atoms with Gasteiger partial charge in [-0.3, -0.25) is 14.9 Å². The van der Waals surface area contributed by atoms with Gasteiger partial charge in [0.2, 0.25) is 0 Å². The van der Waals surface area contributed by atoms with E-state index in [9.17, 15) is 14.4 Å². The van der Waals surface area contributed by atoms with Crippen molar-refractivity contribution >= 4 is 42.8 Å². The molecule has 2 fully saturated rings. The number of aromatic nitrogens is 3. The highest BCUT2D eigenvalue weighted by atomic mass is 35.5. The summed E-state index contributed by atoms with van der Waals surface area (Å²) in [5, 5.41) is 5.72. The molecule has 2 aliphatic carbocycles. The summed E-state index contributed by atoms with van der Waals surface area (Å²) in [5.41, 5.74) is 2.79. The third kappa shape index (κ3) is 5.61. The van der Waals surface area contributed by atoms with E-state index in [1.165, 1.54) is 19.2 Å². The average Bonchev–Trinajstić information content (AvgIpc) is 3.92. The van der Waals surface area contributed by atoms with Crippen LogP contribution in [-0.2, 0) is 11.2 Å². The van der Waals surface area contributed by atoms with Crippen LogP contribution in [-0.4, -0.2) is 39.2 Å². The largest absolute Gasteiger partial charge is 0.453 e. The first-order valence-electron chi connectivity index (χ1n) is 14.3. The van der Waals surface area contributed by atoms with Crippen LogP contribution in [0.1, 0.15) is 59.9 Å². The summed E-state index contributed by atoms with van der Waals surface area (Å²) in [4.78, 5) is 47.0. The molecule has 0 saturated heterocycles. The van der Waals surface area contributed by atoms with Crippen LogP contribution in [0, 0.1) is 11.7 Å². The molecule has 4 aromatic rings. The first kappa shape index (κ1) is 30.0. The minimum atomic E-state index is -0.624. The second-order valence-corrected chi connectivity index (χ2v) is 12.1. The van der Waals surface area contributed by atoms with E-state index in [0.29, 0.717) is 30.3 Å². The molecular weight excluding hydrogens is 605 g/mol. The molecule has 3 heterocycles. The van der Waals surface area contributed by atoms with Crippen molar-refractivity contribution in [1.29, 1.82) is 0 Å². The van der Waals surface area contributed by atoms with E-state index in [2.05, 4.69) is 25.3 Å². The highest BCUT2D eigenvalue weighted by molar-refractivity contribution is 7.59. The molecule has 1 atom stereocenters. The van der Waals surface area contributed by atoms with Gasteiger partial charge in [0.05, 0.1) is 35.6 Å². The molecule has 2 saturated carbocycles. The number of rotatable bonds is 6. The predicted octanol–water partition coefficient (Wildman–Crippen LogP) is 6.20. The van der Waals surface area contributed by atoms with E-state index in [-0.39, 0.29) is 46.7 Å². The summed E-state index contributed by atoms with van der Waals surface area (Å²) in [6, 6.07) is 11.4. The number of halogens is 2. The smallest absolute Gasteiger partial charge is 0.411 e. The Morgan fingerprint density at radius 2 is 1.93 bits per heavy atom. The molecule has 9 nitrogen and oxygen atoms in total. The van der Waals surface area contributed by atoms with Crippen molar-refractivity contribution in [3.63, 3.8) is 0 Å². The standard InChI is InChI=1S/C32H29ClFN5O4.H2S/c1-43-31(42)36-20-7-4-18(5-8-20)24-15-35-29(37-24)25(12-17-2-3-17)39-16-22-21(13-26(39)40)27-19(6-9-23(33)28(27)34)14-32(10-11-32)38-30(22)41;/h4-9,13,15-17,25H,2-3,10-12,14H2,1H3,(H,35,37)(H,36,42)(H,38,41);1H2/t25-;/m0./s1. The van der Waals surface area contributed by atoms with Crippen LogP contribution in [0.4, 0.5) is 14.9 Å². The molecule has 44 heavy (non-hydrogen) atoms. The van der Waals surface area contributed by atoms with Gasteiger partial charge in [-0.05, 0) is 60.9 Å². The molecule has 7 rings (SSSR count).